The molecule has 0 unspecified atom stereocenters. The zero-order chi connectivity index (χ0) is 9.56. The van der Waals surface area contributed by atoms with Crippen molar-refractivity contribution >= 4 is 5.91 Å². The number of rotatable bonds is 5. The maximum absolute atomic E-state index is 11.2. The SMILES string of the molecule is CCCCNC(=[18O])[C@@H](N)C(C)C. The van der Waals surface area contributed by atoms with Crippen LogP contribution in [0, 0.1) is 5.92 Å². The number of amides is 1. The van der Waals surface area contributed by atoms with Gasteiger partial charge in [0.2, 0.25) is 5.91 Å². The van der Waals surface area contributed by atoms with Gasteiger partial charge < -0.3 is 11.1 Å². The van der Waals surface area contributed by atoms with Crippen LogP contribution >= 0.6 is 0 Å². The van der Waals surface area contributed by atoms with Crippen LogP contribution in [-0.2, 0) is 4.79 Å². The second-order valence-corrected chi connectivity index (χ2v) is 3.41. The van der Waals surface area contributed by atoms with Crippen LogP contribution in [0.1, 0.15) is 33.6 Å². The number of hydrogen-bond donors (Lipinski definition) is 2. The summed E-state index contributed by atoms with van der Waals surface area (Å²) < 4.78 is 0. The van der Waals surface area contributed by atoms with Gasteiger partial charge in [0.25, 0.3) is 0 Å². The number of nitrogens with two attached hydrogens (primary N) is 1. The average Bonchev–Trinajstić information content (AvgIpc) is 2.03. The van der Waals surface area contributed by atoms with E-state index >= 15 is 0 Å². The van der Waals surface area contributed by atoms with Crippen LogP contribution in [0.4, 0.5) is 0 Å². The standard InChI is InChI=1S/C9H20N2O/c1-4-5-6-11-9(12)8(10)7(2)3/h7-8H,4-6,10H2,1-3H3,(H,11,12)/t8-/m0/s1/i12+2. The van der Waals surface area contributed by atoms with E-state index in [1.807, 2.05) is 13.8 Å². The van der Waals surface area contributed by atoms with Gasteiger partial charge in [-0.3, -0.25) is 4.79 Å². The molecule has 3 nitrogen and oxygen atoms in total. The molecule has 0 fully saturated rings. The molecule has 3 N–H and O–H groups in total. The minimum Gasteiger partial charge on any atom is -0.355 e. The summed E-state index contributed by atoms with van der Waals surface area (Å²) in [6, 6.07) is -0.359. The minimum atomic E-state index is -0.359. The first-order chi connectivity index (χ1) is 5.59. The Morgan fingerprint density at radius 3 is 2.50 bits per heavy atom. The van der Waals surface area contributed by atoms with E-state index < -0.39 is 0 Å². The van der Waals surface area contributed by atoms with Crippen molar-refractivity contribution in [1.29, 1.82) is 0 Å². The summed E-state index contributed by atoms with van der Waals surface area (Å²) in [5.74, 6) is 0.185. The summed E-state index contributed by atoms with van der Waals surface area (Å²) in [5, 5.41) is 2.80. The molecule has 1 atom stereocenters. The molecule has 0 aromatic heterocycles. The third kappa shape index (κ3) is 4.34. The molecular weight excluding hydrogens is 154 g/mol. The van der Waals surface area contributed by atoms with Crippen molar-refractivity contribution in [3.05, 3.63) is 0 Å². The van der Waals surface area contributed by atoms with Gasteiger partial charge in [-0.2, -0.15) is 0 Å². The normalized spacial score (nSPS) is 13.1. The molecule has 0 saturated heterocycles. The Morgan fingerprint density at radius 1 is 1.50 bits per heavy atom. The summed E-state index contributed by atoms with van der Waals surface area (Å²) in [6.07, 6.45) is 2.12. The summed E-state index contributed by atoms with van der Waals surface area (Å²) in [7, 11) is 0. The minimum absolute atomic E-state index is 0.0292. The lowest BCUT2D eigenvalue weighted by Gasteiger charge is -2.14. The number of carbonyl (C=O) groups excluding carboxylic acids is 1. The van der Waals surface area contributed by atoms with Gasteiger partial charge in [0.15, 0.2) is 0 Å². The first-order valence-corrected chi connectivity index (χ1v) is 4.62. The molecule has 0 aromatic carbocycles. The molecule has 0 aromatic rings. The van der Waals surface area contributed by atoms with E-state index in [2.05, 4.69) is 12.2 Å². The van der Waals surface area contributed by atoms with Crippen LogP contribution in [0.3, 0.4) is 0 Å². The summed E-state index contributed by atoms with van der Waals surface area (Å²) >= 11 is 0. The van der Waals surface area contributed by atoms with Crippen molar-refractivity contribution in [1.82, 2.24) is 5.32 Å². The van der Waals surface area contributed by atoms with Gasteiger partial charge in [0, 0.05) is 6.54 Å². The highest BCUT2D eigenvalue weighted by Crippen LogP contribution is 1.97. The molecule has 3 heteroatoms. The van der Waals surface area contributed by atoms with Crippen molar-refractivity contribution in [2.24, 2.45) is 11.7 Å². The Kier molecular flexibility index (Phi) is 5.72. The molecule has 0 heterocycles. The van der Waals surface area contributed by atoms with Gasteiger partial charge in [-0.05, 0) is 12.3 Å². The summed E-state index contributed by atoms with van der Waals surface area (Å²) in [4.78, 5) is 11.2. The highest BCUT2D eigenvalue weighted by atomic mass is 18.1. The molecular formula is C9H20N2O. The third-order valence-electron chi connectivity index (χ3n) is 1.85. The number of carbonyl (C=O) groups is 1. The van der Waals surface area contributed by atoms with Gasteiger partial charge in [-0.25, -0.2) is 0 Å². The largest absolute Gasteiger partial charge is 0.355 e. The second-order valence-electron chi connectivity index (χ2n) is 3.41. The fourth-order valence-electron chi connectivity index (χ4n) is 0.809. The van der Waals surface area contributed by atoms with Gasteiger partial charge in [-0.1, -0.05) is 27.2 Å². The van der Waals surface area contributed by atoms with Gasteiger partial charge in [-0.15, -0.1) is 0 Å². The molecule has 1 amide bonds. The third-order valence-corrected chi connectivity index (χ3v) is 1.85. The lowest BCUT2D eigenvalue weighted by atomic mass is 10.1. The lowest BCUT2D eigenvalue weighted by molar-refractivity contribution is -0.123. The van der Waals surface area contributed by atoms with Crippen LogP contribution in [0.15, 0.2) is 0 Å². The molecule has 0 aliphatic rings. The van der Waals surface area contributed by atoms with E-state index in [1.165, 1.54) is 0 Å². The highest BCUT2D eigenvalue weighted by Gasteiger charge is 2.15. The zero-order valence-electron chi connectivity index (χ0n) is 8.26. The molecule has 72 valence electrons. The molecule has 0 radical (unpaired) electrons. The molecule has 0 spiro atoms. The second kappa shape index (κ2) is 6.00. The van der Waals surface area contributed by atoms with E-state index in [0.29, 0.717) is 0 Å². The monoisotopic (exact) mass is 174 g/mol. The Hall–Kier alpha value is -0.570. The maximum atomic E-state index is 11.2. The van der Waals surface area contributed by atoms with Crippen LogP contribution < -0.4 is 11.1 Å². The van der Waals surface area contributed by atoms with Crippen molar-refractivity contribution in [3.8, 4) is 0 Å². The average molecular weight is 174 g/mol. The highest BCUT2D eigenvalue weighted by molar-refractivity contribution is 5.81. The number of unbranched alkanes of at least 4 members (excludes halogenated alkanes) is 1. The van der Waals surface area contributed by atoms with Crippen LogP contribution in [0.5, 0.6) is 0 Å². The van der Waals surface area contributed by atoms with Crippen LogP contribution in [-0.4, -0.2) is 18.5 Å². The number of nitrogens with one attached hydrogen (secondary N) is 1. The van der Waals surface area contributed by atoms with E-state index in [4.69, 9.17) is 5.73 Å². The van der Waals surface area contributed by atoms with E-state index in [9.17, 15) is 4.79 Å². The quantitative estimate of drug-likeness (QED) is 0.480. The first kappa shape index (κ1) is 11.4. The fourth-order valence-corrected chi connectivity index (χ4v) is 0.809. The Balaban J connectivity index is 3.57. The first-order valence-electron chi connectivity index (χ1n) is 4.62. The predicted octanol–water partition coefficient (Wildman–Crippen LogP) is 0.886. The van der Waals surface area contributed by atoms with Crippen molar-refractivity contribution in [2.45, 2.75) is 39.7 Å². The lowest BCUT2D eigenvalue weighted by Crippen LogP contribution is -2.44. The van der Waals surface area contributed by atoms with E-state index in [-0.39, 0.29) is 17.9 Å². The maximum Gasteiger partial charge on any atom is 0.237 e. The van der Waals surface area contributed by atoms with Gasteiger partial charge in [0.1, 0.15) is 0 Å². The molecule has 0 bridgehead atoms. The topological polar surface area (TPSA) is 55.1 Å². The fraction of sp³-hybridized carbons (Fsp3) is 0.889. The Bertz CT molecular complexity index is 134. The van der Waals surface area contributed by atoms with E-state index in [0.717, 1.165) is 19.4 Å². The summed E-state index contributed by atoms with van der Waals surface area (Å²) in [6.45, 7) is 6.73. The van der Waals surface area contributed by atoms with E-state index in [1.54, 1.807) is 0 Å². The molecule has 0 saturated carbocycles. The zero-order valence-corrected chi connectivity index (χ0v) is 8.26. The van der Waals surface area contributed by atoms with Gasteiger partial charge in [0.05, 0.1) is 6.04 Å². The molecule has 12 heavy (non-hydrogen) atoms. The Morgan fingerprint density at radius 2 is 2.08 bits per heavy atom. The van der Waals surface area contributed by atoms with Gasteiger partial charge >= 0.3 is 0 Å². The molecule has 0 aliphatic heterocycles. The summed E-state index contributed by atoms with van der Waals surface area (Å²) in [5.41, 5.74) is 5.63. The molecule has 0 rings (SSSR count). The van der Waals surface area contributed by atoms with Crippen LogP contribution in [0.25, 0.3) is 0 Å². The number of hydrogen-bond acceptors (Lipinski definition) is 2. The predicted molar refractivity (Wildman–Crippen MR) is 50.7 cm³/mol. The van der Waals surface area contributed by atoms with Crippen molar-refractivity contribution in [2.75, 3.05) is 6.54 Å². The van der Waals surface area contributed by atoms with Crippen molar-refractivity contribution in [3.63, 3.8) is 0 Å². The Labute approximate surface area is 74.7 Å². The smallest absolute Gasteiger partial charge is 0.237 e. The van der Waals surface area contributed by atoms with Crippen molar-refractivity contribution < 1.29 is 4.79 Å². The van der Waals surface area contributed by atoms with Crippen LogP contribution in [0.2, 0.25) is 0 Å². The molecule has 0 aliphatic carbocycles.